The van der Waals surface area contributed by atoms with Crippen molar-refractivity contribution in [1.82, 2.24) is 5.32 Å². The Hall–Kier alpha value is -3.09. The van der Waals surface area contributed by atoms with E-state index < -0.39 is 23.5 Å². The Kier molecular flexibility index (Phi) is 5.84. The molecule has 7 heteroatoms. The Morgan fingerprint density at radius 2 is 1.75 bits per heavy atom. The zero-order chi connectivity index (χ0) is 23.2. The lowest BCUT2D eigenvalue weighted by Crippen LogP contribution is -2.44. The number of rotatable bonds is 6. The van der Waals surface area contributed by atoms with E-state index >= 15 is 0 Å². The summed E-state index contributed by atoms with van der Waals surface area (Å²) < 4.78 is 11.8. The number of carbonyl (C=O) groups is 2. The van der Waals surface area contributed by atoms with Crippen molar-refractivity contribution in [1.29, 1.82) is 0 Å². The number of aliphatic carboxylic acids is 1. The molecular formula is C25H29NO6. The maximum atomic E-state index is 12.8. The molecule has 2 N–H and O–H groups in total. The van der Waals surface area contributed by atoms with Crippen LogP contribution >= 0.6 is 0 Å². The fourth-order valence-electron chi connectivity index (χ4n) is 4.70. The number of hydrogen-bond donors (Lipinski definition) is 2. The van der Waals surface area contributed by atoms with Crippen LogP contribution in [-0.4, -0.2) is 23.0 Å². The monoisotopic (exact) mass is 439 g/mol. The molecule has 0 radical (unpaired) electrons. The highest BCUT2D eigenvalue weighted by Gasteiger charge is 2.25. The van der Waals surface area contributed by atoms with Gasteiger partial charge in [-0.3, -0.25) is 4.79 Å². The highest BCUT2D eigenvalue weighted by atomic mass is 16.4. The fraction of sp³-hybridized carbons (Fsp3) is 0.480. The third kappa shape index (κ3) is 3.80. The molecule has 1 unspecified atom stereocenters. The average molecular weight is 440 g/mol. The summed E-state index contributed by atoms with van der Waals surface area (Å²) >= 11 is 0. The van der Waals surface area contributed by atoms with Gasteiger partial charge in [-0.2, -0.15) is 0 Å². The summed E-state index contributed by atoms with van der Waals surface area (Å²) in [7, 11) is 0. The van der Waals surface area contributed by atoms with E-state index in [2.05, 4.69) is 5.32 Å². The molecule has 32 heavy (non-hydrogen) atoms. The van der Waals surface area contributed by atoms with E-state index in [4.69, 9.17) is 8.83 Å². The van der Waals surface area contributed by atoms with Gasteiger partial charge < -0.3 is 19.3 Å². The van der Waals surface area contributed by atoms with Crippen molar-refractivity contribution < 1.29 is 23.5 Å². The van der Waals surface area contributed by atoms with Crippen molar-refractivity contribution in [3.05, 3.63) is 44.5 Å². The van der Waals surface area contributed by atoms with Crippen molar-refractivity contribution in [2.45, 2.75) is 72.3 Å². The number of aryl methyl sites for hydroxylation is 4. The number of amides is 1. The molecule has 0 bridgehead atoms. The van der Waals surface area contributed by atoms with E-state index in [1.165, 1.54) is 5.56 Å². The topological polar surface area (TPSA) is 110 Å². The highest BCUT2D eigenvalue weighted by Crippen LogP contribution is 2.37. The Balaban J connectivity index is 1.68. The molecule has 2 aromatic heterocycles. The molecule has 0 saturated carbocycles. The number of furan rings is 1. The van der Waals surface area contributed by atoms with Crippen LogP contribution in [0.3, 0.4) is 0 Å². The predicted octanol–water partition coefficient (Wildman–Crippen LogP) is 4.19. The minimum absolute atomic E-state index is 0.00986. The van der Waals surface area contributed by atoms with Crippen LogP contribution in [0.5, 0.6) is 0 Å². The van der Waals surface area contributed by atoms with Gasteiger partial charge in [0.05, 0.1) is 0 Å². The summed E-state index contributed by atoms with van der Waals surface area (Å²) in [4.78, 5) is 36.5. The minimum Gasteiger partial charge on any atom is -0.480 e. The summed E-state index contributed by atoms with van der Waals surface area (Å²) in [6.45, 7) is 7.25. The predicted molar refractivity (Wildman–Crippen MR) is 121 cm³/mol. The molecule has 3 aromatic rings. The maximum absolute atomic E-state index is 12.8. The molecule has 7 nitrogen and oxygen atoms in total. The molecule has 0 saturated heterocycles. The second-order valence-electron chi connectivity index (χ2n) is 9.09. The second-order valence-corrected chi connectivity index (χ2v) is 9.09. The number of nitrogens with one attached hydrogen (secondary N) is 1. The molecule has 0 spiro atoms. The van der Waals surface area contributed by atoms with Crippen LogP contribution in [0.25, 0.3) is 21.9 Å². The van der Waals surface area contributed by atoms with Gasteiger partial charge in [0.15, 0.2) is 0 Å². The summed E-state index contributed by atoms with van der Waals surface area (Å²) in [5.74, 6) is -0.687. The lowest BCUT2D eigenvalue weighted by atomic mass is 9.93. The molecule has 1 atom stereocenters. The van der Waals surface area contributed by atoms with Gasteiger partial charge in [-0.15, -0.1) is 0 Å². The van der Waals surface area contributed by atoms with Crippen molar-refractivity contribution >= 4 is 33.8 Å². The van der Waals surface area contributed by atoms with Gasteiger partial charge in [0.1, 0.15) is 23.0 Å². The average Bonchev–Trinajstić information content (AvgIpc) is 3.11. The van der Waals surface area contributed by atoms with Crippen molar-refractivity contribution in [2.75, 3.05) is 0 Å². The largest absolute Gasteiger partial charge is 0.480 e. The molecule has 1 amide bonds. The third-order valence-corrected chi connectivity index (χ3v) is 6.58. The molecule has 170 valence electrons. The maximum Gasteiger partial charge on any atom is 0.339 e. The van der Waals surface area contributed by atoms with E-state index in [1.54, 1.807) is 13.8 Å². The quantitative estimate of drug-likeness (QED) is 0.557. The summed E-state index contributed by atoms with van der Waals surface area (Å²) in [5, 5.41) is 13.7. The SMILES string of the molecule is Cc1c(CCC(=O)NC(C(=O)O)C(C)C)c(=O)oc2c(C)c3oc4c(c3cc12)CCCC4. The fourth-order valence-corrected chi connectivity index (χ4v) is 4.70. The van der Waals surface area contributed by atoms with Crippen molar-refractivity contribution in [3.8, 4) is 0 Å². The van der Waals surface area contributed by atoms with Crippen LogP contribution < -0.4 is 10.9 Å². The lowest BCUT2D eigenvalue weighted by molar-refractivity contribution is -0.143. The molecule has 0 fully saturated rings. The molecule has 2 heterocycles. The third-order valence-electron chi connectivity index (χ3n) is 6.58. The lowest BCUT2D eigenvalue weighted by Gasteiger charge is -2.18. The molecule has 1 aromatic carbocycles. The van der Waals surface area contributed by atoms with Crippen LogP contribution in [0.1, 0.15) is 61.1 Å². The highest BCUT2D eigenvalue weighted by molar-refractivity contribution is 6.00. The molecule has 0 aliphatic heterocycles. The van der Waals surface area contributed by atoms with Gasteiger partial charge >= 0.3 is 11.6 Å². The standard InChI is InChI=1S/C25H29NO6/c1-12(2)21(24(28)29)26-20(27)10-9-15-13(3)17-11-18-16-7-5-6-8-19(16)31-23(18)14(4)22(17)32-25(15)30/h11-12,21H,5-10H2,1-4H3,(H,26,27)(H,28,29). The zero-order valence-electron chi connectivity index (χ0n) is 19.0. The van der Waals surface area contributed by atoms with E-state index in [1.807, 2.05) is 19.9 Å². The van der Waals surface area contributed by atoms with Gasteiger partial charge in [0, 0.05) is 40.3 Å². The first-order valence-corrected chi connectivity index (χ1v) is 11.2. The minimum atomic E-state index is -1.07. The second kappa shape index (κ2) is 8.45. The Labute approximate surface area is 185 Å². The Morgan fingerprint density at radius 1 is 1.06 bits per heavy atom. The smallest absolute Gasteiger partial charge is 0.339 e. The zero-order valence-corrected chi connectivity index (χ0v) is 19.0. The molecular weight excluding hydrogens is 410 g/mol. The van der Waals surface area contributed by atoms with Crippen LogP contribution in [0.2, 0.25) is 0 Å². The van der Waals surface area contributed by atoms with Gasteiger partial charge in [-0.25, -0.2) is 9.59 Å². The van der Waals surface area contributed by atoms with E-state index in [-0.39, 0.29) is 18.8 Å². The van der Waals surface area contributed by atoms with E-state index in [0.29, 0.717) is 11.1 Å². The molecule has 4 rings (SSSR count). The summed E-state index contributed by atoms with van der Waals surface area (Å²) in [6, 6.07) is 1.09. The van der Waals surface area contributed by atoms with Crippen molar-refractivity contribution in [2.24, 2.45) is 5.92 Å². The first-order chi connectivity index (χ1) is 15.2. The van der Waals surface area contributed by atoms with Crippen LogP contribution in [0.15, 0.2) is 19.7 Å². The first kappa shape index (κ1) is 22.1. The van der Waals surface area contributed by atoms with E-state index in [9.17, 15) is 19.5 Å². The number of fused-ring (bicyclic) bond motifs is 4. The van der Waals surface area contributed by atoms with Gasteiger partial charge in [0.2, 0.25) is 5.91 Å². The number of carbonyl (C=O) groups excluding carboxylic acids is 1. The van der Waals surface area contributed by atoms with Gasteiger partial charge in [-0.1, -0.05) is 13.8 Å². The normalized spacial score (nSPS) is 14.7. The van der Waals surface area contributed by atoms with Crippen LogP contribution in [-0.2, 0) is 28.9 Å². The molecule has 1 aliphatic carbocycles. The molecule has 1 aliphatic rings. The van der Waals surface area contributed by atoms with Gasteiger partial charge in [0.25, 0.3) is 0 Å². The summed E-state index contributed by atoms with van der Waals surface area (Å²) in [6.07, 6.45) is 4.35. The Morgan fingerprint density at radius 3 is 2.44 bits per heavy atom. The first-order valence-electron chi connectivity index (χ1n) is 11.2. The van der Waals surface area contributed by atoms with Gasteiger partial charge in [-0.05, 0) is 57.1 Å². The van der Waals surface area contributed by atoms with E-state index in [0.717, 1.165) is 58.9 Å². The number of carboxylic acids is 1. The van der Waals surface area contributed by atoms with Crippen LogP contribution in [0.4, 0.5) is 0 Å². The number of hydrogen-bond acceptors (Lipinski definition) is 5. The Bertz CT molecular complexity index is 1280. The summed E-state index contributed by atoms with van der Waals surface area (Å²) in [5.41, 5.74) is 4.13. The van der Waals surface area contributed by atoms with Crippen LogP contribution in [0, 0.1) is 19.8 Å². The number of benzene rings is 1. The van der Waals surface area contributed by atoms with Crippen molar-refractivity contribution in [3.63, 3.8) is 0 Å². The number of carboxylic acid groups (broad SMARTS) is 1.